The summed E-state index contributed by atoms with van der Waals surface area (Å²) >= 11 is 6.06. The highest BCUT2D eigenvalue weighted by Crippen LogP contribution is 2.30. The van der Waals surface area contributed by atoms with E-state index in [0.29, 0.717) is 27.8 Å². The van der Waals surface area contributed by atoms with Gasteiger partial charge in [0, 0.05) is 16.7 Å². The molecule has 1 aliphatic heterocycles. The number of amides is 4. The van der Waals surface area contributed by atoms with Crippen molar-refractivity contribution in [1.29, 1.82) is 0 Å². The summed E-state index contributed by atoms with van der Waals surface area (Å²) < 4.78 is 11.3. The van der Waals surface area contributed by atoms with E-state index in [4.69, 9.17) is 21.1 Å². The molecular weight excluding hydrogens is 468 g/mol. The van der Waals surface area contributed by atoms with E-state index in [0.717, 1.165) is 21.6 Å². The number of carbonyl (C=O) groups is 3. The Morgan fingerprint density at radius 2 is 1.80 bits per heavy atom. The fraction of sp³-hybridized carbons (Fsp3) is 0.148. The number of nitrogens with zero attached hydrogens (tertiary/aromatic N) is 1. The SMILES string of the molecule is COc1ccc(/C=C2\C(=O)NC(=O)N(c3cc(C)ccc3C)C2=O)c(OCc2cccc(Cl)c2)c1. The second kappa shape index (κ2) is 10.0. The lowest BCUT2D eigenvalue weighted by molar-refractivity contribution is -0.122. The average Bonchev–Trinajstić information content (AvgIpc) is 2.83. The molecule has 35 heavy (non-hydrogen) atoms. The zero-order chi connectivity index (χ0) is 25.1. The van der Waals surface area contributed by atoms with Gasteiger partial charge in [-0.1, -0.05) is 35.9 Å². The Morgan fingerprint density at radius 1 is 1.00 bits per heavy atom. The molecular formula is C27H23ClN2O5. The Hall–Kier alpha value is -4.10. The smallest absolute Gasteiger partial charge is 0.335 e. The lowest BCUT2D eigenvalue weighted by Gasteiger charge is -2.28. The highest BCUT2D eigenvalue weighted by Gasteiger charge is 2.37. The number of carbonyl (C=O) groups excluding carboxylic acids is 3. The van der Waals surface area contributed by atoms with Crippen molar-refractivity contribution in [2.75, 3.05) is 12.0 Å². The van der Waals surface area contributed by atoms with Crippen molar-refractivity contribution < 1.29 is 23.9 Å². The second-order valence-corrected chi connectivity index (χ2v) is 8.51. The normalized spacial score (nSPS) is 14.8. The number of hydrogen-bond donors (Lipinski definition) is 1. The molecule has 4 rings (SSSR count). The zero-order valence-corrected chi connectivity index (χ0v) is 20.2. The van der Waals surface area contributed by atoms with Gasteiger partial charge in [-0.3, -0.25) is 14.9 Å². The van der Waals surface area contributed by atoms with Gasteiger partial charge < -0.3 is 9.47 Å². The van der Waals surface area contributed by atoms with Gasteiger partial charge in [-0.25, -0.2) is 9.69 Å². The Balaban J connectivity index is 1.71. The van der Waals surface area contributed by atoms with Crippen LogP contribution in [0.15, 0.2) is 66.2 Å². The Morgan fingerprint density at radius 3 is 2.54 bits per heavy atom. The lowest BCUT2D eigenvalue weighted by atomic mass is 10.0. The predicted molar refractivity (Wildman–Crippen MR) is 134 cm³/mol. The molecule has 0 unspecified atom stereocenters. The van der Waals surface area contributed by atoms with E-state index in [1.165, 1.54) is 13.2 Å². The van der Waals surface area contributed by atoms with E-state index >= 15 is 0 Å². The fourth-order valence-corrected chi connectivity index (χ4v) is 3.88. The summed E-state index contributed by atoms with van der Waals surface area (Å²) in [4.78, 5) is 39.6. The quantitative estimate of drug-likeness (QED) is 0.378. The third-order valence-electron chi connectivity index (χ3n) is 5.51. The van der Waals surface area contributed by atoms with Crippen molar-refractivity contribution in [1.82, 2.24) is 5.32 Å². The number of benzene rings is 3. The third-order valence-corrected chi connectivity index (χ3v) is 5.75. The molecule has 8 heteroatoms. The summed E-state index contributed by atoms with van der Waals surface area (Å²) in [7, 11) is 1.53. The Bertz CT molecular complexity index is 1370. The van der Waals surface area contributed by atoms with E-state index in [1.807, 2.05) is 31.2 Å². The number of barbiturate groups is 1. The lowest BCUT2D eigenvalue weighted by Crippen LogP contribution is -2.54. The van der Waals surface area contributed by atoms with Crippen LogP contribution in [0.5, 0.6) is 11.5 Å². The van der Waals surface area contributed by atoms with Crippen LogP contribution >= 0.6 is 11.6 Å². The minimum atomic E-state index is -0.794. The van der Waals surface area contributed by atoms with Gasteiger partial charge in [0.2, 0.25) is 0 Å². The van der Waals surface area contributed by atoms with Crippen molar-refractivity contribution in [3.8, 4) is 11.5 Å². The third kappa shape index (κ3) is 5.20. The number of halogens is 1. The second-order valence-electron chi connectivity index (χ2n) is 8.07. The summed E-state index contributed by atoms with van der Waals surface area (Å²) in [6, 6.07) is 16.9. The first-order valence-electron chi connectivity index (χ1n) is 10.8. The number of rotatable bonds is 6. The zero-order valence-electron chi connectivity index (χ0n) is 19.4. The van der Waals surface area contributed by atoms with Crippen LogP contribution in [0.25, 0.3) is 6.08 Å². The van der Waals surface area contributed by atoms with E-state index in [2.05, 4.69) is 5.32 Å². The van der Waals surface area contributed by atoms with Gasteiger partial charge in [0.1, 0.15) is 23.7 Å². The highest BCUT2D eigenvalue weighted by molar-refractivity contribution is 6.39. The molecule has 1 saturated heterocycles. The molecule has 3 aromatic carbocycles. The van der Waals surface area contributed by atoms with Crippen LogP contribution in [0.1, 0.15) is 22.3 Å². The maximum atomic E-state index is 13.4. The summed E-state index contributed by atoms with van der Waals surface area (Å²) in [5.74, 6) is -0.560. The van der Waals surface area contributed by atoms with Crippen LogP contribution in [0, 0.1) is 13.8 Å². The van der Waals surface area contributed by atoms with Gasteiger partial charge in [-0.05, 0) is 66.9 Å². The molecule has 0 atom stereocenters. The molecule has 1 N–H and O–H groups in total. The van der Waals surface area contributed by atoms with Crippen LogP contribution in [-0.4, -0.2) is 25.0 Å². The van der Waals surface area contributed by atoms with Gasteiger partial charge in [-0.2, -0.15) is 0 Å². The van der Waals surface area contributed by atoms with Crippen molar-refractivity contribution >= 4 is 41.2 Å². The van der Waals surface area contributed by atoms with E-state index in [-0.39, 0.29) is 12.2 Å². The molecule has 7 nitrogen and oxygen atoms in total. The fourth-order valence-electron chi connectivity index (χ4n) is 3.67. The first-order chi connectivity index (χ1) is 16.8. The number of ether oxygens (including phenoxy) is 2. The predicted octanol–water partition coefficient (Wildman–Crippen LogP) is 5.21. The van der Waals surface area contributed by atoms with Gasteiger partial charge in [0.15, 0.2) is 0 Å². The van der Waals surface area contributed by atoms with E-state index < -0.39 is 17.8 Å². The molecule has 1 fully saturated rings. The number of imide groups is 2. The number of methoxy groups -OCH3 is 1. The molecule has 3 aromatic rings. The summed E-state index contributed by atoms with van der Waals surface area (Å²) in [6.45, 7) is 3.86. The topological polar surface area (TPSA) is 84.9 Å². The van der Waals surface area contributed by atoms with Crippen LogP contribution < -0.4 is 19.7 Å². The minimum Gasteiger partial charge on any atom is -0.497 e. The number of aryl methyl sites for hydroxylation is 2. The van der Waals surface area contributed by atoms with Gasteiger partial charge in [0.05, 0.1) is 12.8 Å². The van der Waals surface area contributed by atoms with Crippen molar-refractivity contribution in [3.05, 3.63) is 93.5 Å². The molecule has 0 bridgehead atoms. The van der Waals surface area contributed by atoms with Gasteiger partial charge >= 0.3 is 6.03 Å². The molecule has 0 aliphatic carbocycles. The molecule has 178 valence electrons. The Labute approximate surface area is 207 Å². The molecule has 0 radical (unpaired) electrons. The molecule has 1 heterocycles. The van der Waals surface area contributed by atoms with Crippen LogP contribution in [0.2, 0.25) is 5.02 Å². The molecule has 0 spiro atoms. The molecule has 0 aromatic heterocycles. The van der Waals surface area contributed by atoms with E-state index in [1.54, 1.807) is 43.3 Å². The number of anilines is 1. The van der Waals surface area contributed by atoms with E-state index in [9.17, 15) is 14.4 Å². The van der Waals surface area contributed by atoms with Gasteiger partial charge in [-0.15, -0.1) is 0 Å². The minimum absolute atomic E-state index is 0.191. The first kappa shape index (κ1) is 24.0. The van der Waals surface area contributed by atoms with Crippen LogP contribution in [-0.2, 0) is 16.2 Å². The monoisotopic (exact) mass is 490 g/mol. The number of nitrogens with one attached hydrogen (secondary N) is 1. The van der Waals surface area contributed by atoms with Crippen LogP contribution in [0.4, 0.5) is 10.5 Å². The molecule has 1 aliphatic rings. The number of urea groups is 1. The summed E-state index contributed by atoms with van der Waals surface area (Å²) in [5, 5.41) is 2.84. The average molecular weight is 491 g/mol. The molecule has 0 saturated carbocycles. The number of hydrogen-bond acceptors (Lipinski definition) is 5. The highest BCUT2D eigenvalue weighted by atomic mass is 35.5. The first-order valence-corrected chi connectivity index (χ1v) is 11.2. The van der Waals surface area contributed by atoms with Crippen molar-refractivity contribution in [2.45, 2.75) is 20.5 Å². The van der Waals surface area contributed by atoms with Crippen molar-refractivity contribution in [3.63, 3.8) is 0 Å². The maximum Gasteiger partial charge on any atom is 0.335 e. The Kier molecular flexibility index (Phi) is 6.89. The van der Waals surface area contributed by atoms with Crippen molar-refractivity contribution in [2.24, 2.45) is 0 Å². The van der Waals surface area contributed by atoms with Gasteiger partial charge in [0.25, 0.3) is 11.8 Å². The largest absolute Gasteiger partial charge is 0.497 e. The molecule has 4 amide bonds. The van der Waals surface area contributed by atoms with Crippen LogP contribution in [0.3, 0.4) is 0 Å². The summed E-state index contributed by atoms with van der Waals surface area (Å²) in [6.07, 6.45) is 1.41. The summed E-state index contributed by atoms with van der Waals surface area (Å²) in [5.41, 5.74) is 3.14. The standard InChI is InChI=1S/C27H23ClN2O5/c1-16-7-8-17(2)23(11-16)30-26(32)22(25(31)29-27(30)33)13-19-9-10-21(34-3)14-24(19)35-15-18-5-4-6-20(28)12-18/h4-14H,15H2,1-3H3,(H,29,31,33)/b22-13+. The maximum absolute atomic E-state index is 13.4.